The van der Waals surface area contributed by atoms with E-state index in [1.807, 2.05) is 18.9 Å². The van der Waals surface area contributed by atoms with Crippen LogP contribution in [0.25, 0.3) is 0 Å². The molecule has 14 heavy (non-hydrogen) atoms. The van der Waals surface area contributed by atoms with Crippen molar-refractivity contribution in [2.45, 2.75) is 26.8 Å². The van der Waals surface area contributed by atoms with E-state index < -0.39 is 0 Å². The second-order valence-electron chi connectivity index (χ2n) is 4.48. The fourth-order valence-corrected chi connectivity index (χ4v) is 1.23. The van der Waals surface area contributed by atoms with Crippen LogP contribution in [0.4, 0.5) is 0 Å². The second-order valence-corrected chi connectivity index (χ2v) is 4.48. The van der Waals surface area contributed by atoms with Crippen molar-refractivity contribution in [2.24, 2.45) is 11.1 Å². The highest BCUT2D eigenvalue weighted by atomic mass is 16.5. The van der Waals surface area contributed by atoms with Gasteiger partial charge in [-0.25, -0.2) is 0 Å². The zero-order valence-electron chi connectivity index (χ0n) is 9.83. The average molecular weight is 202 g/mol. The van der Waals surface area contributed by atoms with E-state index in [2.05, 4.69) is 18.6 Å². The standard InChI is InChI=1S/C10H22N2O2/c1-8(9(13)14-5)12(4)7-10(2,3)6-11/h8H,6-7,11H2,1-5H3. The Kier molecular flexibility index (Phi) is 5.08. The topological polar surface area (TPSA) is 55.6 Å². The molecule has 0 radical (unpaired) electrons. The second kappa shape index (κ2) is 5.32. The van der Waals surface area contributed by atoms with Crippen LogP contribution in [0.1, 0.15) is 20.8 Å². The molecule has 0 saturated heterocycles. The molecule has 1 atom stereocenters. The van der Waals surface area contributed by atoms with E-state index in [4.69, 9.17) is 5.73 Å². The van der Waals surface area contributed by atoms with Gasteiger partial charge in [-0.1, -0.05) is 13.8 Å². The molecule has 4 nitrogen and oxygen atoms in total. The van der Waals surface area contributed by atoms with Crippen LogP contribution in [0.2, 0.25) is 0 Å². The summed E-state index contributed by atoms with van der Waals surface area (Å²) >= 11 is 0. The molecule has 0 heterocycles. The molecule has 0 aliphatic carbocycles. The van der Waals surface area contributed by atoms with Gasteiger partial charge in [0.2, 0.25) is 0 Å². The van der Waals surface area contributed by atoms with Crippen molar-refractivity contribution in [3.8, 4) is 0 Å². The molecule has 0 aliphatic heterocycles. The van der Waals surface area contributed by atoms with Crippen molar-refractivity contribution in [1.29, 1.82) is 0 Å². The third kappa shape index (κ3) is 4.07. The number of carbonyl (C=O) groups is 1. The lowest BCUT2D eigenvalue weighted by molar-refractivity contribution is -0.146. The lowest BCUT2D eigenvalue weighted by Gasteiger charge is -2.31. The molecule has 0 fully saturated rings. The summed E-state index contributed by atoms with van der Waals surface area (Å²) in [5, 5.41) is 0. The van der Waals surface area contributed by atoms with Gasteiger partial charge in [0.15, 0.2) is 0 Å². The first kappa shape index (κ1) is 13.4. The van der Waals surface area contributed by atoms with Crippen LogP contribution in [0.15, 0.2) is 0 Å². The van der Waals surface area contributed by atoms with Gasteiger partial charge in [-0.05, 0) is 25.9 Å². The Balaban J connectivity index is 4.20. The molecule has 4 heteroatoms. The van der Waals surface area contributed by atoms with E-state index >= 15 is 0 Å². The predicted molar refractivity (Wildman–Crippen MR) is 56.9 cm³/mol. The first-order valence-corrected chi connectivity index (χ1v) is 4.82. The van der Waals surface area contributed by atoms with Gasteiger partial charge in [0.25, 0.3) is 0 Å². The smallest absolute Gasteiger partial charge is 0.322 e. The number of nitrogens with two attached hydrogens (primary N) is 1. The van der Waals surface area contributed by atoms with E-state index in [0.29, 0.717) is 6.54 Å². The molecule has 0 saturated carbocycles. The van der Waals surface area contributed by atoms with Crippen molar-refractivity contribution < 1.29 is 9.53 Å². The zero-order valence-corrected chi connectivity index (χ0v) is 9.83. The van der Waals surface area contributed by atoms with Crippen LogP contribution in [-0.2, 0) is 9.53 Å². The summed E-state index contributed by atoms with van der Waals surface area (Å²) in [6.07, 6.45) is 0. The fraction of sp³-hybridized carbons (Fsp3) is 0.900. The Morgan fingerprint density at radius 3 is 2.43 bits per heavy atom. The molecular weight excluding hydrogens is 180 g/mol. The molecule has 84 valence electrons. The number of hydrogen-bond donors (Lipinski definition) is 1. The molecule has 0 aliphatic rings. The van der Waals surface area contributed by atoms with E-state index in [-0.39, 0.29) is 17.4 Å². The van der Waals surface area contributed by atoms with E-state index in [9.17, 15) is 4.79 Å². The number of likely N-dealkylation sites (N-methyl/N-ethyl adjacent to an activating group) is 1. The molecule has 0 aromatic rings. The maximum Gasteiger partial charge on any atom is 0.322 e. The van der Waals surface area contributed by atoms with Gasteiger partial charge in [0.05, 0.1) is 7.11 Å². The van der Waals surface area contributed by atoms with Crippen molar-refractivity contribution >= 4 is 5.97 Å². The average Bonchev–Trinajstić information content (AvgIpc) is 2.14. The molecule has 0 bridgehead atoms. The third-order valence-electron chi connectivity index (χ3n) is 2.43. The predicted octanol–water partition coefficient (Wildman–Crippen LogP) is 0.465. The highest BCUT2D eigenvalue weighted by molar-refractivity contribution is 5.75. The van der Waals surface area contributed by atoms with Crippen LogP contribution in [0.3, 0.4) is 0 Å². The number of rotatable bonds is 5. The first-order valence-electron chi connectivity index (χ1n) is 4.82. The van der Waals surface area contributed by atoms with Crippen molar-refractivity contribution in [3.05, 3.63) is 0 Å². The molecule has 2 N–H and O–H groups in total. The number of esters is 1. The number of carbonyl (C=O) groups excluding carboxylic acids is 1. The molecule has 0 spiro atoms. The molecule has 0 aromatic carbocycles. The molecule has 1 unspecified atom stereocenters. The van der Waals surface area contributed by atoms with Gasteiger partial charge >= 0.3 is 5.97 Å². The van der Waals surface area contributed by atoms with E-state index in [0.717, 1.165) is 6.54 Å². The lowest BCUT2D eigenvalue weighted by atomic mass is 9.93. The van der Waals surface area contributed by atoms with Gasteiger partial charge in [-0.15, -0.1) is 0 Å². The number of methoxy groups -OCH3 is 1. The quantitative estimate of drug-likeness (QED) is 0.658. The maximum absolute atomic E-state index is 11.2. The van der Waals surface area contributed by atoms with Crippen molar-refractivity contribution in [3.63, 3.8) is 0 Å². The van der Waals surface area contributed by atoms with Crippen molar-refractivity contribution in [1.82, 2.24) is 4.90 Å². The number of hydrogen-bond acceptors (Lipinski definition) is 4. The van der Waals surface area contributed by atoms with E-state index in [1.165, 1.54) is 7.11 Å². The summed E-state index contributed by atoms with van der Waals surface area (Å²) in [4.78, 5) is 13.2. The minimum Gasteiger partial charge on any atom is -0.468 e. The fourth-order valence-electron chi connectivity index (χ4n) is 1.23. The summed E-state index contributed by atoms with van der Waals surface area (Å²) in [6.45, 7) is 7.37. The Bertz CT molecular complexity index is 193. The summed E-state index contributed by atoms with van der Waals surface area (Å²) in [5.41, 5.74) is 5.65. The van der Waals surface area contributed by atoms with Crippen LogP contribution in [0.5, 0.6) is 0 Å². The van der Waals surface area contributed by atoms with Gasteiger partial charge in [-0.3, -0.25) is 9.69 Å². The Morgan fingerprint density at radius 2 is 2.07 bits per heavy atom. The molecule has 0 rings (SSSR count). The highest BCUT2D eigenvalue weighted by Gasteiger charge is 2.24. The molecule has 0 aromatic heterocycles. The Morgan fingerprint density at radius 1 is 1.57 bits per heavy atom. The van der Waals surface area contributed by atoms with Crippen LogP contribution < -0.4 is 5.73 Å². The maximum atomic E-state index is 11.2. The summed E-state index contributed by atoms with van der Waals surface area (Å²) in [6, 6.07) is -0.217. The lowest BCUT2D eigenvalue weighted by Crippen LogP contribution is -2.44. The minimum atomic E-state index is -0.217. The summed E-state index contributed by atoms with van der Waals surface area (Å²) < 4.78 is 4.67. The number of ether oxygens (including phenoxy) is 1. The number of nitrogens with zero attached hydrogens (tertiary/aromatic N) is 1. The van der Waals surface area contributed by atoms with Crippen LogP contribution in [-0.4, -0.2) is 44.2 Å². The van der Waals surface area contributed by atoms with Crippen molar-refractivity contribution in [2.75, 3.05) is 27.2 Å². The highest BCUT2D eigenvalue weighted by Crippen LogP contribution is 2.15. The van der Waals surface area contributed by atoms with E-state index in [1.54, 1.807) is 0 Å². The minimum absolute atomic E-state index is 0.0248. The van der Waals surface area contributed by atoms with Gasteiger partial charge < -0.3 is 10.5 Å². The first-order chi connectivity index (χ1) is 6.34. The summed E-state index contributed by atoms with van der Waals surface area (Å²) in [5.74, 6) is -0.208. The zero-order chi connectivity index (χ0) is 11.4. The van der Waals surface area contributed by atoms with Crippen LogP contribution in [0, 0.1) is 5.41 Å². The monoisotopic (exact) mass is 202 g/mol. The Labute approximate surface area is 86.4 Å². The van der Waals surface area contributed by atoms with Crippen LogP contribution >= 0.6 is 0 Å². The Hall–Kier alpha value is -0.610. The van der Waals surface area contributed by atoms with Gasteiger partial charge in [-0.2, -0.15) is 0 Å². The molecule has 0 amide bonds. The largest absolute Gasteiger partial charge is 0.468 e. The third-order valence-corrected chi connectivity index (χ3v) is 2.43. The van der Waals surface area contributed by atoms with Gasteiger partial charge in [0.1, 0.15) is 6.04 Å². The summed E-state index contributed by atoms with van der Waals surface area (Å²) in [7, 11) is 3.31. The SMILES string of the molecule is COC(=O)C(C)N(C)CC(C)(C)CN. The van der Waals surface area contributed by atoms with Gasteiger partial charge in [0, 0.05) is 6.54 Å². The molecular formula is C10H22N2O2. The normalized spacial score (nSPS) is 14.2.